The average molecular weight is 350 g/mol. The number of ether oxygens (including phenoxy) is 1. The fraction of sp³-hybridized carbons (Fsp3) is 0.650. The number of nitrogens with zero attached hydrogens (tertiary/aromatic N) is 1. The van der Waals surface area contributed by atoms with E-state index in [1.54, 1.807) is 6.07 Å². The van der Waals surface area contributed by atoms with Crippen molar-refractivity contribution in [1.29, 1.82) is 0 Å². The van der Waals surface area contributed by atoms with Gasteiger partial charge in [0.2, 0.25) is 5.91 Å². The summed E-state index contributed by atoms with van der Waals surface area (Å²) < 4.78 is 19.8. The van der Waals surface area contributed by atoms with E-state index in [-0.39, 0.29) is 17.6 Å². The minimum Gasteiger partial charge on any atom is -0.493 e. The van der Waals surface area contributed by atoms with Crippen molar-refractivity contribution in [2.24, 2.45) is 17.8 Å². The van der Waals surface area contributed by atoms with Gasteiger partial charge in [0.15, 0.2) is 0 Å². The third-order valence-electron chi connectivity index (χ3n) is 4.39. The van der Waals surface area contributed by atoms with Crippen molar-refractivity contribution in [1.82, 2.24) is 10.2 Å². The third kappa shape index (κ3) is 6.31. The van der Waals surface area contributed by atoms with Gasteiger partial charge in [-0.15, -0.1) is 0 Å². The van der Waals surface area contributed by atoms with Gasteiger partial charge in [0, 0.05) is 37.8 Å². The molecule has 5 heteroatoms. The van der Waals surface area contributed by atoms with Crippen LogP contribution in [0, 0.1) is 23.6 Å². The molecule has 2 rings (SSSR count). The molecule has 0 bridgehead atoms. The molecule has 0 spiro atoms. The quantitative estimate of drug-likeness (QED) is 0.742. The molecule has 1 aromatic carbocycles. The van der Waals surface area contributed by atoms with E-state index < -0.39 is 0 Å². The Balaban J connectivity index is 1.75. The molecule has 0 saturated carbocycles. The highest BCUT2D eigenvalue weighted by molar-refractivity contribution is 5.80. The van der Waals surface area contributed by atoms with Crippen LogP contribution in [0.5, 0.6) is 5.75 Å². The molecule has 0 radical (unpaired) electrons. The van der Waals surface area contributed by atoms with Gasteiger partial charge < -0.3 is 10.1 Å². The molecule has 1 N–H and O–H groups in total. The van der Waals surface area contributed by atoms with Crippen LogP contribution in [0.2, 0.25) is 0 Å². The Bertz CT molecular complexity index is 569. The summed E-state index contributed by atoms with van der Waals surface area (Å²) in [5, 5.41) is 2.96. The second-order valence-corrected chi connectivity index (χ2v) is 7.81. The number of hydrogen-bond acceptors (Lipinski definition) is 3. The number of rotatable bonds is 9. The molecule has 1 saturated heterocycles. The number of benzene rings is 1. The lowest BCUT2D eigenvalue weighted by Gasteiger charge is -2.38. The molecule has 1 amide bonds. The van der Waals surface area contributed by atoms with E-state index >= 15 is 0 Å². The normalized spacial score (nSPS) is 15.5. The Morgan fingerprint density at radius 1 is 1.28 bits per heavy atom. The number of halogens is 1. The van der Waals surface area contributed by atoms with Crippen molar-refractivity contribution in [2.75, 3.05) is 26.2 Å². The highest BCUT2D eigenvalue weighted by Crippen LogP contribution is 2.23. The topological polar surface area (TPSA) is 41.6 Å². The smallest absolute Gasteiger partial charge is 0.225 e. The first-order valence-electron chi connectivity index (χ1n) is 9.26. The zero-order valence-electron chi connectivity index (χ0n) is 15.8. The average Bonchev–Trinajstić information content (AvgIpc) is 2.49. The van der Waals surface area contributed by atoms with E-state index in [2.05, 4.69) is 37.9 Å². The fourth-order valence-electron chi connectivity index (χ4n) is 2.71. The molecule has 140 valence electrons. The minimum absolute atomic E-state index is 0.0282. The predicted octanol–water partition coefficient (Wildman–Crippen LogP) is 3.45. The molecule has 0 atom stereocenters. The van der Waals surface area contributed by atoms with Crippen LogP contribution in [-0.4, -0.2) is 37.0 Å². The van der Waals surface area contributed by atoms with Gasteiger partial charge in [0.05, 0.1) is 12.5 Å². The first kappa shape index (κ1) is 19.7. The Labute approximate surface area is 150 Å². The fourth-order valence-corrected chi connectivity index (χ4v) is 2.71. The second-order valence-electron chi connectivity index (χ2n) is 7.81. The number of hydrogen-bond donors (Lipinski definition) is 1. The lowest BCUT2D eigenvalue weighted by atomic mass is 9.98. The van der Waals surface area contributed by atoms with Gasteiger partial charge in [0.1, 0.15) is 11.6 Å². The summed E-state index contributed by atoms with van der Waals surface area (Å²) >= 11 is 0. The maximum Gasteiger partial charge on any atom is 0.225 e. The molecule has 4 nitrogen and oxygen atoms in total. The van der Waals surface area contributed by atoms with Gasteiger partial charge in [-0.05, 0) is 24.3 Å². The Hall–Kier alpha value is -1.62. The SMILES string of the molecule is CC(C)CCOc1ccc(CN2CC(C(=O)NCC(C)C)C2)c(F)c1. The molecule has 25 heavy (non-hydrogen) atoms. The molecule has 1 aliphatic heterocycles. The summed E-state index contributed by atoms with van der Waals surface area (Å²) in [6.45, 7) is 11.7. The summed E-state index contributed by atoms with van der Waals surface area (Å²) in [7, 11) is 0. The van der Waals surface area contributed by atoms with Crippen molar-refractivity contribution in [3.05, 3.63) is 29.6 Å². The van der Waals surface area contributed by atoms with Gasteiger partial charge in [0.25, 0.3) is 0 Å². The molecule has 1 aliphatic rings. The first-order valence-corrected chi connectivity index (χ1v) is 9.26. The molecular weight excluding hydrogens is 319 g/mol. The molecule has 0 aromatic heterocycles. The van der Waals surface area contributed by atoms with E-state index in [0.29, 0.717) is 55.9 Å². The number of nitrogens with one attached hydrogen (secondary N) is 1. The molecule has 1 heterocycles. The van der Waals surface area contributed by atoms with Gasteiger partial charge in [-0.3, -0.25) is 9.69 Å². The maximum atomic E-state index is 14.2. The maximum absolute atomic E-state index is 14.2. The summed E-state index contributed by atoms with van der Waals surface area (Å²) in [4.78, 5) is 14.1. The number of carbonyl (C=O) groups excluding carboxylic acids is 1. The zero-order chi connectivity index (χ0) is 18.4. The summed E-state index contributed by atoms with van der Waals surface area (Å²) in [6, 6.07) is 5.07. The van der Waals surface area contributed by atoms with Crippen LogP contribution in [-0.2, 0) is 11.3 Å². The third-order valence-corrected chi connectivity index (χ3v) is 4.39. The van der Waals surface area contributed by atoms with Crippen LogP contribution in [0.4, 0.5) is 4.39 Å². The van der Waals surface area contributed by atoms with Crippen LogP contribution in [0.25, 0.3) is 0 Å². The number of carbonyl (C=O) groups is 1. The van der Waals surface area contributed by atoms with Gasteiger partial charge >= 0.3 is 0 Å². The van der Waals surface area contributed by atoms with Crippen LogP contribution in [0.15, 0.2) is 18.2 Å². The van der Waals surface area contributed by atoms with Crippen LogP contribution < -0.4 is 10.1 Å². The Kier molecular flexibility index (Phi) is 7.24. The lowest BCUT2D eigenvalue weighted by Crippen LogP contribution is -2.53. The molecule has 0 aliphatic carbocycles. The number of likely N-dealkylation sites (tertiary alicyclic amines) is 1. The molecule has 1 aromatic rings. The molecule has 1 fully saturated rings. The summed E-state index contributed by atoms with van der Waals surface area (Å²) in [5.74, 6) is 1.50. The zero-order valence-corrected chi connectivity index (χ0v) is 15.8. The number of amides is 1. The van der Waals surface area contributed by atoms with Crippen LogP contribution in [0.3, 0.4) is 0 Å². The van der Waals surface area contributed by atoms with Gasteiger partial charge in [-0.1, -0.05) is 33.8 Å². The predicted molar refractivity (Wildman–Crippen MR) is 98.0 cm³/mol. The van der Waals surface area contributed by atoms with E-state index in [0.717, 1.165) is 6.42 Å². The summed E-state index contributed by atoms with van der Waals surface area (Å²) in [5.41, 5.74) is 0.650. The Morgan fingerprint density at radius 3 is 2.60 bits per heavy atom. The standard InChI is InChI=1S/C20H31FN2O2/c1-14(2)7-8-25-18-6-5-16(19(21)9-18)11-23-12-17(13-23)20(24)22-10-15(3)4/h5-6,9,14-15,17H,7-8,10-13H2,1-4H3,(H,22,24). The molecule has 0 unspecified atom stereocenters. The van der Waals surface area contributed by atoms with Crippen molar-refractivity contribution < 1.29 is 13.9 Å². The van der Waals surface area contributed by atoms with Crippen molar-refractivity contribution >= 4 is 5.91 Å². The van der Waals surface area contributed by atoms with Crippen LogP contribution >= 0.6 is 0 Å². The first-order chi connectivity index (χ1) is 11.8. The van der Waals surface area contributed by atoms with E-state index in [9.17, 15) is 9.18 Å². The molecular formula is C20H31FN2O2. The van der Waals surface area contributed by atoms with E-state index in [1.165, 1.54) is 6.07 Å². The van der Waals surface area contributed by atoms with E-state index in [1.807, 2.05) is 6.07 Å². The van der Waals surface area contributed by atoms with Crippen molar-refractivity contribution in [3.63, 3.8) is 0 Å². The van der Waals surface area contributed by atoms with E-state index in [4.69, 9.17) is 4.74 Å². The van der Waals surface area contributed by atoms with Gasteiger partial charge in [-0.2, -0.15) is 0 Å². The van der Waals surface area contributed by atoms with Crippen molar-refractivity contribution in [3.8, 4) is 5.75 Å². The lowest BCUT2D eigenvalue weighted by molar-refractivity contribution is -0.130. The van der Waals surface area contributed by atoms with Crippen LogP contribution in [0.1, 0.15) is 39.7 Å². The van der Waals surface area contributed by atoms with Gasteiger partial charge in [-0.25, -0.2) is 4.39 Å². The highest BCUT2D eigenvalue weighted by Gasteiger charge is 2.32. The Morgan fingerprint density at radius 2 is 2.00 bits per heavy atom. The highest BCUT2D eigenvalue weighted by atomic mass is 19.1. The largest absolute Gasteiger partial charge is 0.493 e. The monoisotopic (exact) mass is 350 g/mol. The second kappa shape index (κ2) is 9.18. The minimum atomic E-state index is -0.241. The van der Waals surface area contributed by atoms with Crippen molar-refractivity contribution in [2.45, 2.75) is 40.7 Å². The summed E-state index contributed by atoms with van der Waals surface area (Å²) in [6.07, 6.45) is 0.956.